The molecular weight excluding hydrogens is 527 g/mol. The Bertz CT molecular complexity index is 1390. The van der Waals surface area contributed by atoms with Crippen LogP contribution in [0.15, 0.2) is 98.4 Å². The van der Waals surface area contributed by atoms with Crippen molar-refractivity contribution in [2.24, 2.45) is 0 Å². The monoisotopic (exact) mass is 542 g/mol. The summed E-state index contributed by atoms with van der Waals surface area (Å²) >= 11 is 0. The zero-order chi connectivity index (χ0) is 26.6. The first-order valence-corrected chi connectivity index (χ1v) is 12.4. The zero-order valence-corrected chi connectivity index (χ0v) is 19.5. The summed E-state index contributed by atoms with van der Waals surface area (Å²) in [6.45, 7) is 0. The summed E-state index contributed by atoms with van der Waals surface area (Å²) in [6.07, 6.45) is 0. The summed E-state index contributed by atoms with van der Waals surface area (Å²) in [5.74, 6) is -12.3. The van der Waals surface area contributed by atoms with E-state index in [1.54, 1.807) is 24.3 Å². The molecule has 2 N–H and O–H groups in total. The van der Waals surface area contributed by atoms with E-state index < -0.39 is 44.1 Å². The topological polar surface area (TPSA) is 97.7 Å². The number of rotatable bonds is 4. The second-order valence-corrected chi connectivity index (χ2v) is 10.3. The highest BCUT2D eigenvalue weighted by Crippen LogP contribution is 2.32. The molecule has 5 nitrogen and oxygen atoms in total. The maximum absolute atomic E-state index is 12.6. The third-order valence-corrected chi connectivity index (χ3v) is 7.63. The lowest BCUT2D eigenvalue weighted by atomic mass is 10.3. The van der Waals surface area contributed by atoms with Crippen molar-refractivity contribution in [2.75, 3.05) is 0 Å². The van der Waals surface area contributed by atoms with E-state index in [1.165, 1.54) is 4.90 Å². The fourth-order valence-electron chi connectivity index (χ4n) is 2.93. The van der Waals surface area contributed by atoms with Crippen LogP contribution in [0.4, 0.5) is 22.0 Å². The molecule has 0 aliphatic carbocycles. The van der Waals surface area contributed by atoms with Gasteiger partial charge in [0.25, 0.3) is 0 Å². The highest BCUT2D eigenvalue weighted by Gasteiger charge is 2.29. The van der Waals surface area contributed by atoms with Crippen molar-refractivity contribution in [2.45, 2.75) is 19.6 Å². The molecular formula is C24H15F5O5S2. The van der Waals surface area contributed by atoms with Gasteiger partial charge in [0.1, 0.15) is 26.5 Å². The van der Waals surface area contributed by atoms with Gasteiger partial charge >= 0.3 is 0 Å². The van der Waals surface area contributed by atoms with Crippen LogP contribution in [0.2, 0.25) is 0 Å². The third kappa shape index (κ3) is 5.96. The standard InChI is InChI=1S/C18H14O2S.C6HF5O3S/c19-14-6-10-17(11-7-14)21(16-4-2-1-3-5-16)18-12-8-15(20)9-13-18;7-1-2(8)4(10)6(15(12,13)14)5(11)3(1)9/h1-13H,(H-,19,20);(H,12,13,14). The molecule has 0 saturated carbocycles. The normalized spacial score (nSPS) is 11.2. The van der Waals surface area contributed by atoms with Crippen LogP contribution >= 0.6 is 0 Å². The Kier molecular flexibility index (Phi) is 8.23. The Balaban J connectivity index is 0.000000214. The van der Waals surface area contributed by atoms with Crippen molar-refractivity contribution in [1.82, 2.24) is 0 Å². The van der Waals surface area contributed by atoms with Crippen molar-refractivity contribution in [3.63, 3.8) is 0 Å². The first kappa shape index (κ1) is 27.0. The lowest BCUT2D eigenvalue weighted by Crippen LogP contribution is -2.12. The van der Waals surface area contributed by atoms with Gasteiger partial charge in [-0.2, -0.15) is 0 Å². The molecule has 12 heteroatoms. The smallest absolute Gasteiger partial charge is 0.200 e. The highest BCUT2D eigenvalue weighted by atomic mass is 32.2. The van der Waals surface area contributed by atoms with Crippen molar-refractivity contribution in [3.8, 4) is 11.5 Å². The van der Waals surface area contributed by atoms with Gasteiger partial charge in [-0.1, -0.05) is 18.2 Å². The van der Waals surface area contributed by atoms with Crippen LogP contribution in [0.1, 0.15) is 0 Å². The van der Waals surface area contributed by atoms with Gasteiger partial charge in [0, 0.05) is 0 Å². The Morgan fingerprint density at radius 1 is 0.556 bits per heavy atom. The Labute approximate surface area is 205 Å². The molecule has 4 aromatic carbocycles. The predicted octanol–water partition coefficient (Wildman–Crippen LogP) is 5.48. The summed E-state index contributed by atoms with van der Waals surface area (Å²) in [6, 6.07) is 24.8. The van der Waals surface area contributed by atoms with E-state index in [0.29, 0.717) is 0 Å². The first-order chi connectivity index (χ1) is 16.9. The van der Waals surface area contributed by atoms with E-state index in [9.17, 15) is 45.1 Å². The van der Waals surface area contributed by atoms with Crippen LogP contribution in [0, 0.1) is 29.1 Å². The zero-order valence-electron chi connectivity index (χ0n) is 17.8. The van der Waals surface area contributed by atoms with Gasteiger partial charge in [-0.15, -0.1) is 0 Å². The number of phenols is 2. The Hall–Kier alpha value is -3.61. The van der Waals surface area contributed by atoms with Gasteiger partial charge in [0.2, 0.25) is 5.82 Å². The van der Waals surface area contributed by atoms with E-state index in [1.807, 2.05) is 42.5 Å². The van der Waals surface area contributed by atoms with Crippen LogP contribution in [0.5, 0.6) is 11.5 Å². The van der Waals surface area contributed by atoms with Gasteiger partial charge in [0.05, 0.1) is 10.9 Å². The summed E-state index contributed by atoms with van der Waals surface area (Å²) in [5.41, 5.74) is 0. The predicted molar refractivity (Wildman–Crippen MR) is 119 cm³/mol. The average Bonchev–Trinajstić information content (AvgIpc) is 2.84. The third-order valence-electron chi connectivity index (χ3n) is 4.54. The molecule has 0 amide bonds. The minimum atomic E-state index is -5.77. The number of hydrogen-bond donors (Lipinski definition) is 2. The molecule has 0 aromatic heterocycles. The highest BCUT2D eigenvalue weighted by molar-refractivity contribution is 7.97. The van der Waals surface area contributed by atoms with Gasteiger partial charge in [-0.3, -0.25) is 0 Å². The average molecular weight is 543 g/mol. The number of hydrogen-bond acceptors (Lipinski definition) is 5. The van der Waals surface area contributed by atoms with Crippen LogP contribution in [0.25, 0.3) is 0 Å². The SMILES string of the molecule is O=S(=O)([O-])c1c(F)c(F)c(F)c(F)c1F.Oc1ccc([S+](c2ccccc2)c2ccc(O)cc2)cc1. The van der Waals surface area contributed by atoms with Gasteiger partial charge in [-0.25, -0.2) is 30.4 Å². The van der Waals surface area contributed by atoms with Crippen molar-refractivity contribution >= 4 is 21.0 Å². The summed E-state index contributed by atoms with van der Waals surface area (Å²) in [4.78, 5) is 1.09. The molecule has 0 unspecified atom stereocenters. The molecule has 0 spiro atoms. The molecule has 4 aromatic rings. The molecule has 0 bridgehead atoms. The molecule has 4 rings (SSSR count). The van der Waals surface area contributed by atoms with E-state index in [4.69, 9.17) is 0 Å². The lowest BCUT2D eigenvalue weighted by molar-refractivity contribution is 0.350. The van der Waals surface area contributed by atoms with E-state index in [-0.39, 0.29) is 22.4 Å². The van der Waals surface area contributed by atoms with Gasteiger partial charge in [0.15, 0.2) is 38.0 Å². The first-order valence-electron chi connectivity index (χ1n) is 9.76. The Morgan fingerprint density at radius 3 is 1.25 bits per heavy atom. The molecule has 0 aliphatic heterocycles. The summed E-state index contributed by atoms with van der Waals surface area (Å²) < 4.78 is 92.9. The summed E-state index contributed by atoms with van der Waals surface area (Å²) in [5, 5.41) is 19.0. The molecule has 36 heavy (non-hydrogen) atoms. The Morgan fingerprint density at radius 2 is 0.889 bits per heavy atom. The van der Waals surface area contributed by atoms with Crippen LogP contribution < -0.4 is 0 Å². The van der Waals surface area contributed by atoms with Gasteiger partial charge < -0.3 is 14.8 Å². The molecule has 188 valence electrons. The second-order valence-electron chi connectivity index (χ2n) is 6.96. The quantitative estimate of drug-likeness (QED) is 0.117. The van der Waals surface area contributed by atoms with Crippen molar-refractivity contribution < 1.29 is 45.1 Å². The fraction of sp³-hybridized carbons (Fsp3) is 0. The largest absolute Gasteiger partial charge is 0.744 e. The van der Waals surface area contributed by atoms with Crippen LogP contribution in [-0.4, -0.2) is 23.2 Å². The van der Waals surface area contributed by atoms with Crippen molar-refractivity contribution in [3.05, 3.63) is 108 Å². The van der Waals surface area contributed by atoms with E-state index in [2.05, 4.69) is 12.1 Å². The minimum absolute atomic E-state index is 0.253. The van der Waals surface area contributed by atoms with E-state index in [0.717, 1.165) is 9.79 Å². The number of aromatic hydroxyl groups is 2. The maximum Gasteiger partial charge on any atom is 0.200 e. The molecule has 0 atom stereocenters. The molecule has 0 heterocycles. The maximum atomic E-state index is 12.6. The van der Waals surface area contributed by atoms with Crippen molar-refractivity contribution in [1.29, 1.82) is 0 Å². The number of phenolic OH excluding ortho intramolecular Hbond substituents is 2. The molecule has 0 aliphatic rings. The van der Waals surface area contributed by atoms with Gasteiger partial charge in [-0.05, 0) is 60.7 Å². The molecule has 0 fully saturated rings. The van der Waals surface area contributed by atoms with E-state index >= 15 is 0 Å². The molecule has 0 radical (unpaired) electrons. The summed E-state index contributed by atoms with van der Waals surface area (Å²) in [7, 11) is -6.03. The number of halogens is 5. The minimum Gasteiger partial charge on any atom is -0.744 e. The fourth-order valence-corrected chi connectivity index (χ4v) is 5.61. The number of benzene rings is 4. The molecule has 0 saturated heterocycles. The lowest BCUT2D eigenvalue weighted by Gasteiger charge is -2.10. The van der Waals surface area contributed by atoms with Crippen LogP contribution in [-0.2, 0) is 21.0 Å². The second kappa shape index (κ2) is 11.0. The van der Waals surface area contributed by atoms with Crippen LogP contribution in [0.3, 0.4) is 0 Å².